The van der Waals surface area contributed by atoms with Crippen LogP contribution in [0.5, 0.6) is 11.5 Å². The van der Waals surface area contributed by atoms with Gasteiger partial charge < -0.3 is 14.8 Å². The second-order valence-corrected chi connectivity index (χ2v) is 3.33. The van der Waals surface area contributed by atoms with Crippen molar-refractivity contribution in [2.75, 3.05) is 20.8 Å². The average Bonchev–Trinajstić information content (AvgIpc) is 2.38. The lowest BCUT2D eigenvalue weighted by molar-refractivity contribution is 0.241. The highest BCUT2D eigenvalue weighted by Crippen LogP contribution is 2.23. The van der Waals surface area contributed by atoms with Gasteiger partial charge in [0.25, 0.3) is 0 Å². The molecular formula is C11H17N3O3. The molecule has 1 aromatic rings. The van der Waals surface area contributed by atoms with E-state index in [4.69, 9.17) is 15.3 Å². The maximum Gasteiger partial charge on any atom is 0.328 e. The van der Waals surface area contributed by atoms with Crippen molar-refractivity contribution in [1.29, 1.82) is 0 Å². The van der Waals surface area contributed by atoms with Crippen LogP contribution in [0.2, 0.25) is 0 Å². The van der Waals surface area contributed by atoms with Crippen molar-refractivity contribution in [3.63, 3.8) is 0 Å². The van der Waals surface area contributed by atoms with Gasteiger partial charge in [0.2, 0.25) is 0 Å². The molecule has 2 amide bonds. The number of carbonyl (C=O) groups excluding carboxylic acids is 1. The molecule has 0 saturated carbocycles. The minimum atomic E-state index is -0.410. The molecule has 0 atom stereocenters. The summed E-state index contributed by atoms with van der Waals surface area (Å²) in [5, 5.41) is 2.60. The fraction of sp³-hybridized carbons (Fsp3) is 0.364. The Balaban J connectivity index is 2.64. The summed E-state index contributed by atoms with van der Waals surface area (Å²) in [7, 11) is 3.21. The number of nitrogens with two attached hydrogens (primary N) is 1. The topological polar surface area (TPSA) is 85.6 Å². The molecule has 1 aromatic carbocycles. The van der Waals surface area contributed by atoms with Crippen molar-refractivity contribution in [3.8, 4) is 11.5 Å². The standard InChI is InChI=1S/C11H17N3O3/c1-16-9-3-4-10(17-2)8(7-9)5-6-13-11(15)14-12/h3-4,7H,5-6,12H2,1-2H3,(H2,13,14,15). The minimum Gasteiger partial charge on any atom is -0.497 e. The van der Waals surface area contributed by atoms with Crippen molar-refractivity contribution in [2.24, 2.45) is 5.84 Å². The number of methoxy groups -OCH3 is 2. The van der Waals surface area contributed by atoms with Gasteiger partial charge in [0.05, 0.1) is 14.2 Å². The van der Waals surface area contributed by atoms with Crippen LogP contribution in [0.4, 0.5) is 4.79 Å². The Morgan fingerprint density at radius 1 is 1.35 bits per heavy atom. The number of hydrazine groups is 1. The number of nitrogens with one attached hydrogen (secondary N) is 2. The number of amides is 2. The highest BCUT2D eigenvalue weighted by molar-refractivity contribution is 5.73. The van der Waals surface area contributed by atoms with Gasteiger partial charge in [-0.2, -0.15) is 0 Å². The highest BCUT2D eigenvalue weighted by atomic mass is 16.5. The highest BCUT2D eigenvalue weighted by Gasteiger charge is 2.05. The number of carbonyl (C=O) groups is 1. The Morgan fingerprint density at radius 2 is 2.12 bits per heavy atom. The van der Waals surface area contributed by atoms with Crippen LogP contribution in [0.25, 0.3) is 0 Å². The fourth-order valence-corrected chi connectivity index (χ4v) is 1.44. The molecule has 6 heteroatoms. The van der Waals surface area contributed by atoms with Crippen molar-refractivity contribution in [3.05, 3.63) is 23.8 Å². The van der Waals surface area contributed by atoms with Gasteiger partial charge in [0.15, 0.2) is 0 Å². The van der Waals surface area contributed by atoms with E-state index in [1.54, 1.807) is 14.2 Å². The number of hydrogen-bond acceptors (Lipinski definition) is 4. The van der Waals surface area contributed by atoms with Crippen LogP contribution in [0, 0.1) is 0 Å². The number of ether oxygens (including phenoxy) is 2. The lowest BCUT2D eigenvalue weighted by Crippen LogP contribution is -2.40. The lowest BCUT2D eigenvalue weighted by Gasteiger charge is -2.10. The van der Waals surface area contributed by atoms with Crippen molar-refractivity contribution >= 4 is 6.03 Å². The molecule has 4 N–H and O–H groups in total. The van der Waals surface area contributed by atoms with Crippen LogP contribution in [-0.4, -0.2) is 26.8 Å². The van der Waals surface area contributed by atoms with Crippen molar-refractivity contribution in [1.82, 2.24) is 10.7 Å². The first-order valence-corrected chi connectivity index (χ1v) is 5.16. The molecule has 0 aliphatic rings. The first kappa shape index (κ1) is 13.1. The first-order valence-electron chi connectivity index (χ1n) is 5.16. The maximum atomic E-state index is 10.9. The van der Waals surface area contributed by atoms with E-state index >= 15 is 0 Å². The van der Waals surface area contributed by atoms with E-state index in [1.807, 2.05) is 23.6 Å². The molecule has 6 nitrogen and oxygen atoms in total. The lowest BCUT2D eigenvalue weighted by atomic mass is 10.1. The predicted molar refractivity (Wildman–Crippen MR) is 64.0 cm³/mol. The molecule has 0 radical (unpaired) electrons. The summed E-state index contributed by atoms with van der Waals surface area (Å²) in [5.41, 5.74) is 2.96. The van der Waals surface area contributed by atoms with Crippen LogP contribution in [0.1, 0.15) is 5.56 Å². The van der Waals surface area contributed by atoms with Gasteiger partial charge in [-0.25, -0.2) is 10.6 Å². The summed E-state index contributed by atoms with van der Waals surface area (Å²) < 4.78 is 10.3. The minimum absolute atomic E-state index is 0.410. The normalized spacial score (nSPS) is 9.59. The number of benzene rings is 1. The van der Waals surface area contributed by atoms with Crippen LogP contribution >= 0.6 is 0 Å². The number of hydrogen-bond donors (Lipinski definition) is 3. The fourth-order valence-electron chi connectivity index (χ4n) is 1.44. The summed E-state index contributed by atoms with van der Waals surface area (Å²) in [4.78, 5) is 10.9. The SMILES string of the molecule is COc1ccc(OC)c(CCNC(=O)NN)c1. The molecule has 0 spiro atoms. The first-order chi connectivity index (χ1) is 8.21. The van der Waals surface area contributed by atoms with Crippen LogP contribution < -0.4 is 26.1 Å². The van der Waals surface area contributed by atoms with E-state index in [1.165, 1.54) is 0 Å². The molecule has 1 rings (SSSR count). The molecule has 0 aliphatic heterocycles. The second-order valence-electron chi connectivity index (χ2n) is 3.33. The zero-order valence-corrected chi connectivity index (χ0v) is 9.95. The van der Waals surface area contributed by atoms with Gasteiger partial charge >= 0.3 is 6.03 Å². The van der Waals surface area contributed by atoms with Gasteiger partial charge in [-0.3, -0.25) is 5.43 Å². The summed E-state index contributed by atoms with van der Waals surface area (Å²) in [6.07, 6.45) is 0.633. The average molecular weight is 239 g/mol. The Kier molecular flexibility index (Phi) is 5.09. The van der Waals surface area contributed by atoms with Gasteiger partial charge in [-0.15, -0.1) is 0 Å². The second kappa shape index (κ2) is 6.59. The van der Waals surface area contributed by atoms with Crippen molar-refractivity contribution in [2.45, 2.75) is 6.42 Å². The van der Waals surface area contributed by atoms with E-state index in [9.17, 15) is 4.79 Å². The summed E-state index contributed by atoms with van der Waals surface area (Å²) >= 11 is 0. The van der Waals surface area contributed by atoms with E-state index in [-0.39, 0.29) is 0 Å². The van der Waals surface area contributed by atoms with Gasteiger partial charge in [0.1, 0.15) is 11.5 Å². The molecule has 94 valence electrons. The third-order valence-electron chi connectivity index (χ3n) is 2.30. The summed E-state index contributed by atoms with van der Waals surface area (Å²) in [5.74, 6) is 6.46. The third kappa shape index (κ3) is 3.84. The Bertz CT molecular complexity index is 382. The number of rotatable bonds is 5. The quantitative estimate of drug-likeness (QED) is 0.395. The summed E-state index contributed by atoms with van der Waals surface area (Å²) in [6.45, 7) is 0.465. The van der Waals surface area contributed by atoms with E-state index in [0.29, 0.717) is 13.0 Å². The van der Waals surface area contributed by atoms with Gasteiger partial charge in [0, 0.05) is 6.54 Å². The Labute approximate surface area is 100 Å². The molecule has 0 aliphatic carbocycles. The van der Waals surface area contributed by atoms with Gasteiger partial charge in [-0.1, -0.05) is 0 Å². The third-order valence-corrected chi connectivity index (χ3v) is 2.30. The maximum absolute atomic E-state index is 10.9. The summed E-state index contributed by atoms with van der Waals surface area (Å²) in [6, 6.07) is 5.12. The Morgan fingerprint density at radius 3 is 2.71 bits per heavy atom. The van der Waals surface area contributed by atoms with Crippen LogP contribution in [-0.2, 0) is 6.42 Å². The molecular weight excluding hydrogens is 222 g/mol. The molecule has 0 unspecified atom stereocenters. The molecule has 0 bridgehead atoms. The molecule has 0 aromatic heterocycles. The zero-order valence-electron chi connectivity index (χ0n) is 9.95. The molecule has 0 fully saturated rings. The van der Waals surface area contributed by atoms with E-state index in [0.717, 1.165) is 17.1 Å². The monoisotopic (exact) mass is 239 g/mol. The molecule has 0 heterocycles. The Hall–Kier alpha value is -1.95. The molecule has 17 heavy (non-hydrogen) atoms. The van der Waals surface area contributed by atoms with Crippen LogP contribution in [0.15, 0.2) is 18.2 Å². The van der Waals surface area contributed by atoms with Crippen LogP contribution in [0.3, 0.4) is 0 Å². The van der Waals surface area contributed by atoms with E-state index < -0.39 is 6.03 Å². The zero-order chi connectivity index (χ0) is 12.7. The van der Waals surface area contributed by atoms with E-state index in [2.05, 4.69) is 5.32 Å². The van der Waals surface area contributed by atoms with Gasteiger partial charge in [-0.05, 0) is 30.2 Å². The predicted octanol–water partition coefficient (Wildman–Crippen LogP) is 0.419. The van der Waals surface area contributed by atoms with Crippen molar-refractivity contribution < 1.29 is 14.3 Å². The largest absolute Gasteiger partial charge is 0.497 e. The molecule has 0 saturated heterocycles. The smallest absolute Gasteiger partial charge is 0.328 e. The number of urea groups is 1.